The molecule has 0 unspecified atom stereocenters. The van der Waals surface area contributed by atoms with Gasteiger partial charge in [0.1, 0.15) is 5.82 Å². The van der Waals surface area contributed by atoms with Crippen LogP contribution in [0.3, 0.4) is 0 Å². The molecular weight excluding hydrogens is 232 g/mol. The summed E-state index contributed by atoms with van der Waals surface area (Å²) in [5, 5.41) is 0. The number of alkyl halides is 1. The summed E-state index contributed by atoms with van der Waals surface area (Å²) >= 11 is 5.97. The fourth-order valence-electron chi connectivity index (χ4n) is 2.16. The minimum atomic E-state index is 0.486. The molecule has 1 aromatic carbocycles. The van der Waals surface area contributed by atoms with Gasteiger partial charge in [-0.05, 0) is 31.0 Å². The lowest BCUT2D eigenvalue weighted by atomic mass is 10.2. The van der Waals surface area contributed by atoms with E-state index in [0.717, 1.165) is 17.9 Å². The molecule has 2 rings (SSSR count). The quantitative estimate of drug-likeness (QED) is 0.572. The first-order valence-electron chi connectivity index (χ1n) is 6.28. The Hall–Kier alpha value is -1.02. The second kappa shape index (κ2) is 5.54. The molecule has 1 heterocycles. The Morgan fingerprint density at radius 3 is 2.82 bits per heavy atom. The van der Waals surface area contributed by atoms with Gasteiger partial charge in [0, 0.05) is 6.54 Å². The Morgan fingerprint density at radius 1 is 1.29 bits per heavy atom. The highest BCUT2D eigenvalue weighted by Gasteiger charge is 2.09. The maximum Gasteiger partial charge on any atom is 0.124 e. The van der Waals surface area contributed by atoms with E-state index in [-0.39, 0.29) is 0 Å². The van der Waals surface area contributed by atoms with Crippen LogP contribution >= 0.6 is 11.6 Å². The molecule has 0 saturated heterocycles. The molecule has 0 aliphatic heterocycles. The molecule has 92 valence electrons. The van der Waals surface area contributed by atoms with Crippen molar-refractivity contribution in [1.29, 1.82) is 0 Å². The van der Waals surface area contributed by atoms with E-state index in [9.17, 15) is 0 Å². The Labute approximate surface area is 108 Å². The zero-order valence-electron chi connectivity index (χ0n) is 10.5. The summed E-state index contributed by atoms with van der Waals surface area (Å²) in [6.07, 6.45) is 3.69. The minimum absolute atomic E-state index is 0.486. The summed E-state index contributed by atoms with van der Waals surface area (Å²) in [5.74, 6) is 1.48. The molecule has 0 spiro atoms. The van der Waals surface area contributed by atoms with E-state index in [0.29, 0.717) is 5.88 Å². The Bertz CT molecular complexity index is 502. The number of aromatic nitrogens is 2. The smallest absolute Gasteiger partial charge is 0.124 e. The lowest BCUT2D eigenvalue weighted by Crippen LogP contribution is -2.02. The van der Waals surface area contributed by atoms with Crippen molar-refractivity contribution >= 4 is 22.6 Å². The molecule has 0 atom stereocenters. The van der Waals surface area contributed by atoms with Crippen LogP contribution in [0, 0.1) is 6.92 Å². The van der Waals surface area contributed by atoms with Crippen molar-refractivity contribution in [1.82, 2.24) is 9.55 Å². The van der Waals surface area contributed by atoms with E-state index in [4.69, 9.17) is 11.6 Å². The van der Waals surface area contributed by atoms with Crippen molar-refractivity contribution in [3.05, 3.63) is 29.6 Å². The fourth-order valence-corrected chi connectivity index (χ4v) is 2.37. The van der Waals surface area contributed by atoms with Gasteiger partial charge in [-0.15, -0.1) is 11.6 Å². The van der Waals surface area contributed by atoms with Gasteiger partial charge in [-0.25, -0.2) is 4.98 Å². The topological polar surface area (TPSA) is 17.8 Å². The summed E-state index contributed by atoms with van der Waals surface area (Å²) in [4.78, 5) is 4.60. The second-order valence-electron chi connectivity index (χ2n) is 4.51. The van der Waals surface area contributed by atoms with E-state index >= 15 is 0 Å². The lowest BCUT2D eigenvalue weighted by molar-refractivity contribution is 0.600. The maximum atomic E-state index is 5.97. The van der Waals surface area contributed by atoms with E-state index in [1.54, 1.807) is 0 Å². The minimum Gasteiger partial charge on any atom is -0.327 e. The van der Waals surface area contributed by atoms with Crippen LogP contribution in [0.15, 0.2) is 18.2 Å². The number of fused-ring (bicyclic) bond motifs is 1. The van der Waals surface area contributed by atoms with Crippen LogP contribution in [0.25, 0.3) is 11.0 Å². The molecule has 3 heteroatoms. The average molecular weight is 251 g/mol. The van der Waals surface area contributed by atoms with Crippen molar-refractivity contribution in [2.45, 2.75) is 45.5 Å². The van der Waals surface area contributed by atoms with Gasteiger partial charge in [-0.3, -0.25) is 0 Å². The van der Waals surface area contributed by atoms with Crippen molar-refractivity contribution < 1.29 is 0 Å². The molecule has 2 nitrogen and oxygen atoms in total. The molecule has 0 saturated carbocycles. The first-order valence-corrected chi connectivity index (χ1v) is 6.81. The number of hydrogen-bond acceptors (Lipinski definition) is 1. The lowest BCUT2D eigenvalue weighted by Gasteiger charge is -2.06. The van der Waals surface area contributed by atoms with Gasteiger partial charge in [0.2, 0.25) is 0 Å². The van der Waals surface area contributed by atoms with Crippen LogP contribution in [-0.4, -0.2) is 9.55 Å². The van der Waals surface area contributed by atoms with Crippen molar-refractivity contribution in [2.75, 3.05) is 0 Å². The second-order valence-corrected chi connectivity index (χ2v) is 4.78. The van der Waals surface area contributed by atoms with Crippen molar-refractivity contribution in [2.24, 2.45) is 0 Å². The molecule has 1 aromatic heterocycles. The molecule has 0 aliphatic carbocycles. The zero-order valence-corrected chi connectivity index (χ0v) is 11.3. The number of halogens is 1. The fraction of sp³-hybridized carbons (Fsp3) is 0.500. The summed E-state index contributed by atoms with van der Waals surface area (Å²) in [7, 11) is 0. The third-order valence-electron chi connectivity index (χ3n) is 3.09. The number of benzene rings is 1. The molecule has 0 fully saturated rings. The maximum absolute atomic E-state index is 5.97. The van der Waals surface area contributed by atoms with Gasteiger partial charge >= 0.3 is 0 Å². The predicted molar refractivity (Wildman–Crippen MR) is 73.6 cm³/mol. The number of rotatable bonds is 5. The SMILES string of the molecule is CCCCCn1c(CCl)nc2cc(C)ccc21. The molecule has 0 aliphatic rings. The molecule has 2 aromatic rings. The van der Waals surface area contributed by atoms with E-state index in [1.807, 2.05) is 0 Å². The van der Waals surface area contributed by atoms with E-state index < -0.39 is 0 Å². The van der Waals surface area contributed by atoms with Gasteiger partial charge in [-0.2, -0.15) is 0 Å². The normalized spacial score (nSPS) is 11.2. The van der Waals surface area contributed by atoms with Crippen LogP contribution in [0.4, 0.5) is 0 Å². The molecule has 0 bridgehead atoms. The van der Waals surface area contributed by atoms with Gasteiger partial charge in [-0.1, -0.05) is 25.8 Å². The third kappa shape index (κ3) is 2.63. The Morgan fingerprint density at radius 2 is 2.12 bits per heavy atom. The average Bonchev–Trinajstić information content (AvgIpc) is 2.67. The van der Waals surface area contributed by atoms with Crippen molar-refractivity contribution in [3.63, 3.8) is 0 Å². The number of imidazole rings is 1. The summed E-state index contributed by atoms with van der Waals surface area (Å²) in [6.45, 7) is 5.34. The highest BCUT2D eigenvalue weighted by Crippen LogP contribution is 2.19. The van der Waals surface area contributed by atoms with Crippen LogP contribution in [0.5, 0.6) is 0 Å². The molecule has 17 heavy (non-hydrogen) atoms. The molecule has 0 amide bonds. The van der Waals surface area contributed by atoms with Gasteiger partial charge < -0.3 is 4.57 Å². The van der Waals surface area contributed by atoms with Gasteiger partial charge in [0.05, 0.1) is 16.9 Å². The van der Waals surface area contributed by atoms with Crippen molar-refractivity contribution in [3.8, 4) is 0 Å². The van der Waals surface area contributed by atoms with Crippen LogP contribution < -0.4 is 0 Å². The highest BCUT2D eigenvalue weighted by atomic mass is 35.5. The summed E-state index contributed by atoms with van der Waals surface area (Å²) in [6, 6.07) is 6.42. The van der Waals surface area contributed by atoms with Crippen LogP contribution in [0.1, 0.15) is 37.6 Å². The molecule has 0 N–H and O–H groups in total. The summed E-state index contributed by atoms with van der Waals surface area (Å²) in [5.41, 5.74) is 3.52. The Balaban J connectivity index is 2.36. The van der Waals surface area contributed by atoms with E-state index in [2.05, 4.69) is 41.6 Å². The van der Waals surface area contributed by atoms with Gasteiger partial charge in [0.15, 0.2) is 0 Å². The number of hydrogen-bond donors (Lipinski definition) is 0. The van der Waals surface area contributed by atoms with Crippen LogP contribution in [0.2, 0.25) is 0 Å². The first kappa shape index (κ1) is 12.4. The highest BCUT2D eigenvalue weighted by molar-refractivity contribution is 6.16. The van der Waals surface area contributed by atoms with E-state index in [1.165, 1.54) is 30.3 Å². The molecular formula is C14H19ClN2. The monoisotopic (exact) mass is 250 g/mol. The standard InChI is InChI=1S/C14H19ClN2/c1-3-4-5-8-17-13-7-6-11(2)9-12(13)16-14(17)10-15/h6-7,9H,3-5,8,10H2,1-2H3. The predicted octanol–water partition coefficient (Wildman–Crippen LogP) is 4.27. The van der Waals surface area contributed by atoms with Gasteiger partial charge in [0.25, 0.3) is 0 Å². The third-order valence-corrected chi connectivity index (χ3v) is 3.33. The molecule has 0 radical (unpaired) electrons. The van der Waals surface area contributed by atoms with Crippen LogP contribution in [-0.2, 0) is 12.4 Å². The number of aryl methyl sites for hydroxylation is 2. The Kier molecular flexibility index (Phi) is 4.06. The number of nitrogens with zero attached hydrogens (tertiary/aromatic N) is 2. The first-order chi connectivity index (χ1) is 8.26. The zero-order chi connectivity index (χ0) is 12.3. The number of unbranched alkanes of at least 4 members (excludes halogenated alkanes) is 2. The summed E-state index contributed by atoms with van der Waals surface area (Å²) < 4.78 is 2.26. The largest absolute Gasteiger partial charge is 0.327 e.